The lowest BCUT2D eigenvalue weighted by Gasteiger charge is -2.09. The highest BCUT2D eigenvalue weighted by Crippen LogP contribution is 2.28. The number of thiol groups is 1. The van der Waals surface area contributed by atoms with Crippen LogP contribution in [0.15, 0.2) is 48.5 Å². The Morgan fingerprint density at radius 2 is 1.82 bits per heavy atom. The van der Waals surface area contributed by atoms with Gasteiger partial charge in [0.05, 0.1) is 5.56 Å². The second kappa shape index (κ2) is 5.25. The summed E-state index contributed by atoms with van der Waals surface area (Å²) in [6.07, 6.45) is 0. The third-order valence-electron chi connectivity index (χ3n) is 2.14. The zero-order chi connectivity index (χ0) is 12.3. The topological polar surface area (TPSA) is 26.3 Å². The zero-order valence-electron chi connectivity index (χ0n) is 8.76. The van der Waals surface area contributed by atoms with E-state index in [1.54, 1.807) is 24.3 Å². The molecule has 0 saturated heterocycles. The van der Waals surface area contributed by atoms with E-state index in [0.717, 1.165) is 0 Å². The van der Waals surface area contributed by atoms with Gasteiger partial charge in [0.15, 0.2) is 0 Å². The SMILES string of the molecule is O=C(S)c1cc(Cl)ccc1Oc1ccccc1. The van der Waals surface area contributed by atoms with Crippen molar-refractivity contribution in [1.29, 1.82) is 0 Å². The van der Waals surface area contributed by atoms with Crippen molar-refractivity contribution in [2.75, 3.05) is 0 Å². The third kappa shape index (κ3) is 3.02. The van der Waals surface area contributed by atoms with Crippen molar-refractivity contribution in [1.82, 2.24) is 0 Å². The molecule has 0 aliphatic rings. The van der Waals surface area contributed by atoms with E-state index in [4.69, 9.17) is 16.3 Å². The Morgan fingerprint density at radius 1 is 1.12 bits per heavy atom. The van der Waals surface area contributed by atoms with E-state index in [2.05, 4.69) is 12.6 Å². The first-order chi connectivity index (χ1) is 8.16. The minimum atomic E-state index is -0.376. The molecule has 0 N–H and O–H groups in total. The Kier molecular flexibility index (Phi) is 3.71. The van der Waals surface area contributed by atoms with Crippen molar-refractivity contribution in [3.05, 3.63) is 59.1 Å². The Hall–Kier alpha value is -1.45. The van der Waals surface area contributed by atoms with Gasteiger partial charge in [-0.2, -0.15) is 0 Å². The molecule has 0 atom stereocenters. The standard InChI is InChI=1S/C13H9ClO2S/c14-9-6-7-12(11(8-9)13(15)17)16-10-4-2-1-3-5-10/h1-8H,(H,15,17). The van der Waals surface area contributed by atoms with E-state index < -0.39 is 0 Å². The summed E-state index contributed by atoms with van der Waals surface area (Å²) < 4.78 is 5.60. The molecule has 2 rings (SSSR count). The normalized spacial score (nSPS) is 10.0. The summed E-state index contributed by atoms with van der Waals surface area (Å²) >= 11 is 9.62. The maximum absolute atomic E-state index is 11.3. The number of ether oxygens (including phenoxy) is 1. The Labute approximate surface area is 110 Å². The quantitative estimate of drug-likeness (QED) is 0.841. The van der Waals surface area contributed by atoms with Gasteiger partial charge in [-0.1, -0.05) is 29.8 Å². The van der Waals surface area contributed by atoms with Crippen LogP contribution in [-0.2, 0) is 0 Å². The summed E-state index contributed by atoms with van der Waals surface area (Å²) in [7, 11) is 0. The van der Waals surface area contributed by atoms with E-state index in [1.807, 2.05) is 18.2 Å². The summed E-state index contributed by atoms with van der Waals surface area (Å²) in [6, 6.07) is 14.1. The average molecular weight is 265 g/mol. The van der Waals surface area contributed by atoms with Gasteiger partial charge in [0.1, 0.15) is 11.5 Å². The lowest BCUT2D eigenvalue weighted by atomic mass is 10.2. The smallest absolute Gasteiger partial charge is 0.220 e. The molecule has 0 saturated carbocycles. The monoisotopic (exact) mass is 264 g/mol. The molecule has 0 fully saturated rings. The molecule has 0 aliphatic carbocycles. The van der Waals surface area contributed by atoms with Crippen molar-refractivity contribution in [2.45, 2.75) is 0 Å². The molecular weight excluding hydrogens is 256 g/mol. The van der Waals surface area contributed by atoms with Crippen molar-refractivity contribution in [2.24, 2.45) is 0 Å². The molecule has 0 aromatic heterocycles. The summed E-state index contributed by atoms with van der Waals surface area (Å²) in [4.78, 5) is 11.3. The molecule has 0 amide bonds. The number of hydrogen-bond donors (Lipinski definition) is 1. The molecule has 0 aliphatic heterocycles. The van der Waals surface area contributed by atoms with E-state index in [-0.39, 0.29) is 5.12 Å². The maximum Gasteiger partial charge on any atom is 0.220 e. The number of carbonyl (C=O) groups excluding carboxylic acids is 1. The van der Waals surface area contributed by atoms with E-state index >= 15 is 0 Å². The highest BCUT2D eigenvalue weighted by molar-refractivity contribution is 7.97. The number of halogens is 1. The molecule has 2 nitrogen and oxygen atoms in total. The second-order valence-electron chi connectivity index (χ2n) is 3.36. The molecule has 0 bridgehead atoms. The molecular formula is C13H9ClO2S. The Bertz CT molecular complexity index is 540. The van der Waals surface area contributed by atoms with Crippen LogP contribution in [0, 0.1) is 0 Å². The molecule has 4 heteroatoms. The van der Waals surface area contributed by atoms with Crippen molar-refractivity contribution in [3.63, 3.8) is 0 Å². The third-order valence-corrected chi connectivity index (χ3v) is 2.62. The van der Waals surface area contributed by atoms with Crippen LogP contribution in [0.5, 0.6) is 11.5 Å². The summed E-state index contributed by atoms with van der Waals surface area (Å²) in [5.41, 5.74) is 0.352. The first kappa shape index (κ1) is 12.0. The minimum absolute atomic E-state index is 0.352. The molecule has 2 aromatic rings. The van der Waals surface area contributed by atoms with Crippen molar-refractivity contribution in [3.8, 4) is 11.5 Å². The van der Waals surface area contributed by atoms with Gasteiger partial charge < -0.3 is 4.74 Å². The maximum atomic E-state index is 11.3. The second-order valence-corrected chi connectivity index (χ2v) is 4.20. The Balaban J connectivity index is 2.36. The number of para-hydroxylation sites is 1. The van der Waals surface area contributed by atoms with E-state index in [9.17, 15) is 4.79 Å². The van der Waals surface area contributed by atoms with Gasteiger partial charge >= 0.3 is 0 Å². The van der Waals surface area contributed by atoms with E-state index in [0.29, 0.717) is 22.1 Å². The van der Waals surface area contributed by atoms with Gasteiger partial charge in [-0.05, 0) is 30.3 Å². The molecule has 0 heterocycles. The lowest BCUT2D eigenvalue weighted by molar-refractivity contribution is 0.108. The summed E-state index contributed by atoms with van der Waals surface area (Å²) in [5, 5.41) is 0.0984. The van der Waals surface area contributed by atoms with Crippen LogP contribution in [0.2, 0.25) is 5.02 Å². The molecule has 2 aromatic carbocycles. The predicted molar refractivity (Wildman–Crippen MR) is 71.3 cm³/mol. The van der Waals surface area contributed by atoms with Crippen LogP contribution in [0.25, 0.3) is 0 Å². The molecule has 0 unspecified atom stereocenters. The van der Waals surface area contributed by atoms with Crippen molar-refractivity contribution >= 4 is 29.3 Å². The average Bonchev–Trinajstić information content (AvgIpc) is 2.32. The fraction of sp³-hybridized carbons (Fsp3) is 0. The van der Waals surface area contributed by atoms with Gasteiger partial charge in [0.25, 0.3) is 0 Å². The number of carbonyl (C=O) groups is 1. The van der Waals surface area contributed by atoms with Gasteiger partial charge in [-0.25, -0.2) is 0 Å². The van der Waals surface area contributed by atoms with Crippen LogP contribution in [0.4, 0.5) is 0 Å². The first-order valence-corrected chi connectivity index (χ1v) is 5.75. The van der Waals surface area contributed by atoms with Crippen molar-refractivity contribution < 1.29 is 9.53 Å². The molecule has 0 spiro atoms. The van der Waals surface area contributed by atoms with Crippen LogP contribution >= 0.6 is 24.2 Å². The number of benzene rings is 2. The Morgan fingerprint density at radius 3 is 2.47 bits per heavy atom. The fourth-order valence-electron chi connectivity index (χ4n) is 1.37. The summed E-state index contributed by atoms with van der Waals surface area (Å²) in [6.45, 7) is 0. The van der Waals surface area contributed by atoms with Gasteiger partial charge in [0, 0.05) is 5.02 Å². The zero-order valence-corrected chi connectivity index (χ0v) is 10.4. The highest BCUT2D eigenvalue weighted by atomic mass is 35.5. The minimum Gasteiger partial charge on any atom is -0.457 e. The highest BCUT2D eigenvalue weighted by Gasteiger charge is 2.10. The van der Waals surface area contributed by atoms with Crippen LogP contribution in [0.1, 0.15) is 10.4 Å². The van der Waals surface area contributed by atoms with E-state index in [1.165, 1.54) is 6.07 Å². The largest absolute Gasteiger partial charge is 0.457 e. The molecule has 0 radical (unpaired) electrons. The van der Waals surface area contributed by atoms with Crippen LogP contribution in [-0.4, -0.2) is 5.12 Å². The first-order valence-electron chi connectivity index (χ1n) is 4.92. The predicted octanol–water partition coefficient (Wildman–Crippen LogP) is 4.20. The van der Waals surface area contributed by atoms with Crippen LogP contribution in [0.3, 0.4) is 0 Å². The molecule has 17 heavy (non-hydrogen) atoms. The number of hydrogen-bond acceptors (Lipinski definition) is 2. The fourth-order valence-corrected chi connectivity index (χ4v) is 1.72. The lowest BCUT2D eigenvalue weighted by Crippen LogP contribution is -1.95. The number of rotatable bonds is 3. The van der Waals surface area contributed by atoms with Gasteiger partial charge in [0.2, 0.25) is 5.12 Å². The van der Waals surface area contributed by atoms with Gasteiger partial charge in [-0.3, -0.25) is 4.79 Å². The van der Waals surface area contributed by atoms with Crippen LogP contribution < -0.4 is 4.74 Å². The molecule has 86 valence electrons. The summed E-state index contributed by atoms with van der Waals surface area (Å²) in [5.74, 6) is 1.10. The van der Waals surface area contributed by atoms with Gasteiger partial charge in [-0.15, -0.1) is 12.6 Å².